The second-order valence-corrected chi connectivity index (χ2v) is 7.28. The Bertz CT molecular complexity index is 1190. The molecular weight excluding hydrogens is 422 g/mol. The fourth-order valence-corrected chi connectivity index (χ4v) is 3.48. The summed E-state index contributed by atoms with van der Waals surface area (Å²) < 4.78 is 10.6. The van der Waals surface area contributed by atoms with E-state index in [2.05, 4.69) is 15.5 Å². The van der Waals surface area contributed by atoms with Crippen LogP contribution in [0.25, 0.3) is 17.4 Å². The average molecular weight is 439 g/mol. The highest BCUT2D eigenvalue weighted by Gasteiger charge is 2.20. The van der Waals surface area contributed by atoms with E-state index in [1.54, 1.807) is 6.07 Å². The SMILES string of the molecule is CCCc1nnc(NC(=O)C(C#N)=Cc2ccc(-c3ccc(OC)cc3[N+](=O)[O-])o2)s1. The monoisotopic (exact) mass is 439 g/mol. The number of methoxy groups -OCH3 is 1. The molecule has 2 aromatic heterocycles. The first-order valence-corrected chi connectivity index (χ1v) is 9.95. The Kier molecular flexibility index (Phi) is 6.74. The number of hydrogen-bond donors (Lipinski definition) is 1. The van der Waals surface area contributed by atoms with Crippen LogP contribution in [0.5, 0.6) is 5.75 Å². The Morgan fingerprint density at radius 3 is 2.87 bits per heavy atom. The van der Waals surface area contributed by atoms with Crippen molar-refractivity contribution in [3.63, 3.8) is 0 Å². The maximum atomic E-state index is 12.4. The summed E-state index contributed by atoms with van der Waals surface area (Å²) in [4.78, 5) is 23.2. The van der Waals surface area contributed by atoms with Crippen LogP contribution in [0, 0.1) is 21.4 Å². The van der Waals surface area contributed by atoms with Gasteiger partial charge in [0, 0.05) is 12.5 Å². The molecular formula is C20H17N5O5S. The van der Waals surface area contributed by atoms with Crippen molar-refractivity contribution in [3.05, 3.63) is 56.8 Å². The molecule has 0 bridgehead atoms. The summed E-state index contributed by atoms with van der Waals surface area (Å²) in [5, 5.41) is 32.2. The zero-order chi connectivity index (χ0) is 22.4. The van der Waals surface area contributed by atoms with E-state index in [9.17, 15) is 20.2 Å². The number of nitriles is 1. The van der Waals surface area contributed by atoms with E-state index < -0.39 is 10.8 Å². The van der Waals surface area contributed by atoms with E-state index in [0.29, 0.717) is 10.9 Å². The lowest BCUT2D eigenvalue weighted by molar-refractivity contribution is -0.384. The topological polar surface area (TPSA) is 144 Å². The van der Waals surface area contributed by atoms with Gasteiger partial charge < -0.3 is 9.15 Å². The molecule has 0 aliphatic rings. The fraction of sp³-hybridized carbons (Fsp3) is 0.200. The Hall–Kier alpha value is -4.04. The zero-order valence-corrected chi connectivity index (χ0v) is 17.4. The number of aryl methyl sites for hydroxylation is 1. The average Bonchev–Trinajstić information content (AvgIpc) is 3.41. The van der Waals surface area contributed by atoms with Crippen LogP contribution >= 0.6 is 11.3 Å². The maximum absolute atomic E-state index is 12.4. The second-order valence-electron chi connectivity index (χ2n) is 6.22. The Balaban J connectivity index is 1.83. The summed E-state index contributed by atoms with van der Waals surface area (Å²) >= 11 is 1.24. The van der Waals surface area contributed by atoms with E-state index in [1.807, 2.05) is 13.0 Å². The number of aromatic nitrogens is 2. The maximum Gasteiger partial charge on any atom is 0.284 e. The predicted octanol–water partition coefficient (Wildman–Crippen LogP) is 4.21. The van der Waals surface area contributed by atoms with Crippen LogP contribution in [0.2, 0.25) is 0 Å². The number of anilines is 1. The molecule has 2 heterocycles. The standard InChI is InChI=1S/C20H17N5O5S/c1-3-4-18-23-24-20(31-18)22-19(26)12(11-21)9-14-6-8-17(30-14)15-7-5-13(29-2)10-16(15)25(27)28/h5-10H,3-4H2,1-2H3,(H,22,24,26). The van der Waals surface area contributed by atoms with Gasteiger partial charge in [0.1, 0.15) is 33.9 Å². The molecule has 0 saturated heterocycles. The van der Waals surface area contributed by atoms with Gasteiger partial charge in [-0.15, -0.1) is 10.2 Å². The third-order valence-corrected chi connectivity index (χ3v) is 5.00. The molecule has 31 heavy (non-hydrogen) atoms. The number of carbonyl (C=O) groups excluding carboxylic acids is 1. The van der Waals surface area contributed by atoms with Crippen molar-refractivity contribution in [3.8, 4) is 23.1 Å². The lowest BCUT2D eigenvalue weighted by Crippen LogP contribution is -2.13. The molecule has 0 aliphatic heterocycles. The van der Waals surface area contributed by atoms with Crippen LogP contribution in [-0.4, -0.2) is 28.1 Å². The zero-order valence-electron chi connectivity index (χ0n) is 16.6. The highest BCUT2D eigenvalue weighted by molar-refractivity contribution is 7.15. The fourth-order valence-electron chi connectivity index (χ4n) is 2.65. The summed E-state index contributed by atoms with van der Waals surface area (Å²) in [7, 11) is 1.41. The molecule has 10 nitrogen and oxygen atoms in total. The van der Waals surface area contributed by atoms with Crippen molar-refractivity contribution < 1.29 is 18.9 Å². The quantitative estimate of drug-likeness (QED) is 0.238. The lowest BCUT2D eigenvalue weighted by Gasteiger charge is -2.03. The number of hydrogen-bond acceptors (Lipinski definition) is 9. The van der Waals surface area contributed by atoms with Crippen molar-refractivity contribution in [2.45, 2.75) is 19.8 Å². The van der Waals surface area contributed by atoms with Crippen molar-refractivity contribution in [1.82, 2.24) is 10.2 Å². The van der Waals surface area contributed by atoms with Gasteiger partial charge in [-0.3, -0.25) is 20.2 Å². The first-order valence-electron chi connectivity index (χ1n) is 9.13. The van der Waals surface area contributed by atoms with Crippen LogP contribution in [0.1, 0.15) is 24.1 Å². The summed E-state index contributed by atoms with van der Waals surface area (Å²) in [6, 6.07) is 9.22. The van der Waals surface area contributed by atoms with E-state index >= 15 is 0 Å². The molecule has 0 unspecified atom stereocenters. The molecule has 0 spiro atoms. The second kappa shape index (κ2) is 9.64. The van der Waals surface area contributed by atoms with Crippen LogP contribution in [0.4, 0.5) is 10.8 Å². The van der Waals surface area contributed by atoms with Gasteiger partial charge in [0.2, 0.25) is 5.13 Å². The number of rotatable bonds is 8. The van der Waals surface area contributed by atoms with Crippen molar-refractivity contribution in [1.29, 1.82) is 5.26 Å². The molecule has 3 rings (SSSR count). The van der Waals surface area contributed by atoms with Gasteiger partial charge in [0.05, 0.1) is 23.7 Å². The molecule has 0 radical (unpaired) electrons. The molecule has 158 valence electrons. The summed E-state index contributed by atoms with van der Waals surface area (Å²) in [6.07, 6.45) is 2.91. The minimum atomic E-state index is -0.657. The highest BCUT2D eigenvalue weighted by atomic mass is 32.1. The molecule has 11 heteroatoms. The van der Waals surface area contributed by atoms with Crippen molar-refractivity contribution >= 4 is 34.1 Å². The van der Waals surface area contributed by atoms with Crippen LogP contribution < -0.4 is 10.1 Å². The lowest BCUT2D eigenvalue weighted by atomic mass is 10.1. The highest BCUT2D eigenvalue weighted by Crippen LogP contribution is 2.34. The number of benzene rings is 1. The predicted molar refractivity (Wildman–Crippen MR) is 113 cm³/mol. The third-order valence-electron chi connectivity index (χ3n) is 4.10. The number of nitrogens with one attached hydrogen (secondary N) is 1. The van der Waals surface area contributed by atoms with E-state index in [-0.39, 0.29) is 28.3 Å². The molecule has 1 aromatic carbocycles. The first kappa shape index (κ1) is 21.7. The van der Waals surface area contributed by atoms with Crippen molar-refractivity contribution in [2.75, 3.05) is 12.4 Å². The molecule has 0 fully saturated rings. The summed E-state index contributed by atoms with van der Waals surface area (Å²) in [5.74, 6) is 0.0850. The van der Waals surface area contributed by atoms with Gasteiger partial charge in [-0.25, -0.2) is 0 Å². The third kappa shape index (κ3) is 5.12. The number of nitrogens with zero attached hydrogens (tertiary/aromatic N) is 4. The van der Waals surface area contributed by atoms with Crippen molar-refractivity contribution in [2.24, 2.45) is 0 Å². The number of amides is 1. The van der Waals surface area contributed by atoms with E-state index in [0.717, 1.165) is 17.8 Å². The molecule has 3 aromatic rings. The summed E-state index contributed by atoms with van der Waals surface area (Å²) in [6.45, 7) is 2.01. The van der Waals surface area contributed by atoms with Gasteiger partial charge in [-0.1, -0.05) is 18.3 Å². The number of furan rings is 1. The van der Waals surface area contributed by atoms with Crippen LogP contribution in [0.3, 0.4) is 0 Å². The Morgan fingerprint density at radius 2 is 2.19 bits per heavy atom. The largest absolute Gasteiger partial charge is 0.497 e. The minimum Gasteiger partial charge on any atom is -0.497 e. The molecule has 1 amide bonds. The molecule has 0 aliphatic carbocycles. The molecule has 0 saturated carbocycles. The van der Waals surface area contributed by atoms with E-state index in [1.165, 1.54) is 48.8 Å². The Labute approximate surface area is 180 Å². The number of nitro groups is 1. The number of ether oxygens (including phenoxy) is 1. The normalized spacial score (nSPS) is 11.1. The number of carbonyl (C=O) groups is 1. The van der Waals surface area contributed by atoms with Gasteiger partial charge >= 0.3 is 0 Å². The first-order chi connectivity index (χ1) is 14.9. The smallest absolute Gasteiger partial charge is 0.284 e. The number of nitro benzene ring substituents is 1. The van der Waals surface area contributed by atoms with Crippen LogP contribution in [0.15, 0.2) is 40.3 Å². The van der Waals surface area contributed by atoms with Gasteiger partial charge in [0.25, 0.3) is 11.6 Å². The minimum absolute atomic E-state index is 0.191. The Morgan fingerprint density at radius 1 is 1.39 bits per heavy atom. The van der Waals surface area contributed by atoms with E-state index in [4.69, 9.17) is 9.15 Å². The van der Waals surface area contributed by atoms with Gasteiger partial charge in [-0.2, -0.15) is 5.26 Å². The molecule has 0 atom stereocenters. The van der Waals surface area contributed by atoms with Gasteiger partial charge in [0.15, 0.2) is 0 Å². The van der Waals surface area contributed by atoms with Gasteiger partial charge in [-0.05, 0) is 30.7 Å². The summed E-state index contributed by atoms with van der Waals surface area (Å²) in [5.41, 5.74) is -0.162. The van der Waals surface area contributed by atoms with Crippen LogP contribution in [-0.2, 0) is 11.2 Å². The molecule has 1 N–H and O–H groups in total.